The number of nitrogens with two attached hydrogens (primary N) is 1. The number of esters is 3. The Morgan fingerprint density at radius 2 is 1.17 bits per heavy atom. The Kier molecular flexibility index (Phi) is 12.6. The third-order valence-electron chi connectivity index (χ3n) is 6.14. The molecule has 0 bridgehead atoms. The molecule has 0 radical (unpaired) electrons. The maximum atomic E-state index is 12.1. The van der Waals surface area contributed by atoms with E-state index in [1.165, 1.54) is 24.0 Å². The summed E-state index contributed by atoms with van der Waals surface area (Å²) in [4.78, 5) is 73.1. The third kappa shape index (κ3) is 10.3. The van der Waals surface area contributed by atoms with Crippen molar-refractivity contribution in [3.8, 4) is 0 Å². The van der Waals surface area contributed by atoms with Crippen molar-refractivity contribution in [2.24, 2.45) is 16.6 Å². The first-order chi connectivity index (χ1) is 19.3. The second-order valence-electron chi connectivity index (χ2n) is 12.2. The molecule has 0 aromatic rings. The minimum Gasteiger partial charge on any atom is -0.468 e. The summed E-state index contributed by atoms with van der Waals surface area (Å²) in [7, 11) is 2.55. The molecule has 0 saturated carbocycles. The number of carbonyl (C=O) groups is 6. The van der Waals surface area contributed by atoms with Gasteiger partial charge < -0.3 is 44.5 Å². The van der Waals surface area contributed by atoms with E-state index in [0.29, 0.717) is 0 Å². The maximum absolute atomic E-state index is 12.1. The van der Waals surface area contributed by atoms with Gasteiger partial charge in [0.05, 0.1) is 20.8 Å². The summed E-state index contributed by atoms with van der Waals surface area (Å²) in [5.74, 6) is -2.11. The van der Waals surface area contributed by atoms with Crippen molar-refractivity contribution >= 4 is 36.0 Å². The van der Waals surface area contributed by atoms with E-state index in [1.807, 2.05) is 0 Å². The highest BCUT2D eigenvalue weighted by molar-refractivity contribution is 5.94. The average molecular weight is 603 g/mol. The molecular weight excluding hydrogens is 556 g/mol. The number of hydrogen-bond acceptors (Lipinski definition) is 12. The summed E-state index contributed by atoms with van der Waals surface area (Å²) < 4.78 is 24.6. The summed E-state index contributed by atoms with van der Waals surface area (Å²) >= 11 is 0. The van der Waals surface area contributed by atoms with E-state index < -0.39 is 58.5 Å². The molecule has 0 spiro atoms. The van der Waals surface area contributed by atoms with Crippen molar-refractivity contribution in [3.63, 3.8) is 0 Å². The van der Waals surface area contributed by atoms with Crippen LogP contribution in [-0.4, -0.2) is 117 Å². The normalized spacial score (nSPS) is 16.7. The lowest BCUT2D eigenvalue weighted by Gasteiger charge is -2.47. The maximum Gasteiger partial charge on any atom is 0.410 e. The molecule has 0 unspecified atom stereocenters. The van der Waals surface area contributed by atoms with Crippen LogP contribution in [0.4, 0.5) is 9.59 Å². The van der Waals surface area contributed by atoms with Crippen molar-refractivity contribution in [1.82, 2.24) is 15.1 Å². The molecule has 0 atom stereocenters. The van der Waals surface area contributed by atoms with Gasteiger partial charge in [-0.25, -0.2) is 9.59 Å². The van der Waals surface area contributed by atoms with Gasteiger partial charge in [-0.15, -0.1) is 0 Å². The van der Waals surface area contributed by atoms with Gasteiger partial charge in [0.1, 0.15) is 28.5 Å². The molecule has 2 aliphatic rings. The van der Waals surface area contributed by atoms with Gasteiger partial charge in [0.25, 0.3) is 0 Å². The Labute approximate surface area is 246 Å². The molecule has 0 aromatic carbocycles. The predicted octanol–water partition coefficient (Wildman–Crippen LogP) is 0.821. The van der Waals surface area contributed by atoms with Crippen LogP contribution in [0.3, 0.4) is 0 Å². The standard InChI is InChI=1S/C16H26N2O7.C11H20N2O4/c1-6-24-12(20)7-11(19)17-8-16(13(21)23-5)9-18(10-16)14(22)25-15(2,3)4;1-10(2,3)17-9(15)13-6-11(5-12,7-13)8(14)16-4/h6-10H2,1-5H3,(H,17,19);5-7,12H2,1-4H3. The Hall–Kier alpha value is -3.62. The minimum atomic E-state index is -1.05. The lowest BCUT2D eigenvalue weighted by Crippen LogP contribution is -2.66. The molecule has 42 heavy (non-hydrogen) atoms. The van der Waals surface area contributed by atoms with Gasteiger partial charge in [-0.2, -0.15) is 0 Å². The molecule has 2 heterocycles. The van der Waals surface area contributed by atoms with Crippen molar-refractivity contribution in [3.05, 3.63) is 0 Å². The predicted molar refractivity (Wildman–Crippen MR) is 148 cm³/mol. The number of likely N-dealkylation sites (tertiary alicyclic amines) is 2. The van der Waals surface area contributed by atoms with Crippen LogP contribution in [-0.2, 0) is 42.9 Å². The number of ether oxygens (including phenoxy) is 5. The number of rotatable bonds is 8. The van der Waals surface area contributed by atoms with Gasteiger partial charge >= 0.3 is 30.1 Å². The number of methoxy groups -OCH3 is 2. The molecule has 3 N–H and O–H groups in total. The molecule has 2 rings (SSSR count). The lowest BCUT2D eigenvalue weighted by atomic mass is 9.79. The summed E-state index contributed by atoms with van der Waals surface area (Å²) in [6.07, 6.45) is -1.39. The molecule has 0 aromatic heterocycles. The monoisotopic (exact) mass is 602 g/mol. The van der Waals surface area contributed by atoms with E-state index >= 15 is 0 Å². The van der Waals surface area contributed by atoms with Gasteiger partial charge in [-0.3, -0.25) is 19.2 Å². The highest BCUT2D eigenvalue weighted by Gasteiger charge is 2.54. The molecule has 2 aliphatic heterocycles. The van der Waals surface area contributed by atoms with Gasteiger partial charge in [0.15, 0.2) is 0 Å². The first-order valence-corrected chi connectivity index (χ1v) is 13.5. The fourth-order valence-electron chi connectivity index (χ4n) is 4.04. The number of carbonyl (C=O) groups excluding carboxylic acids is 6. The molecule has 2 fully saturated rings. The number of hydrogen-bond donors (Lipinski definition) is 2. The molecule has 15 heteroatoms. The van der Waals surface area contributed by atoms with E-state index in [-0.39, 0.29) is 51.8 Å². The Morgan fingerprint density at radius 1 is 0.762 bits per heavy atom. The molecule has 240 valence electrons. The van der Waals surface area contributed by atoms with Crippen molar-refractivity contribution in [1.29, 1.82) is 0 Å². The zero-order valence-electron chi connectivity index (χ0n) is 26.1. The Balaban J connectivity index is 0.000000452. The van der Waals surface area contributed by atoms with Crippen LogP contribution in [0.1, 0.15) is 54.9 Å². The van der Waals surface area contributed by atoms with Gasteiger partial charge in [-0.05, 0) is 48.5 Å². The summed E-state index contributed by atoms with van der Waals surface area (Å²) in [6, 6.07) is 0. The first-order valence-electron chi connectivity index (χ1n) is 13.5. The highest BCUT2D eigenvalue weighted by atomic mass is 16.6. The number of nitrogens with one attached hydrogen (secondary N) is 1. The second-order valence-corrected chi connectivity index (χ2v) is 12.2. The third-order valence-corrected chi connectivity index (χ3v) is 6.14. The Bertz CT molecular complexity index is 1000. The summed E-state index contributed by atoms with van der Waals surface area (Å²) in [6.45, 7) is 13.2. The molecule has 0 aliphatic carbocycles. The van der Waals surface area contributed by atoms with Crippen molar-refractivity contribution < 1.29 is 52.5 Å². The van der Waals surface area contributed by atoms with Gasteiger partial charge in [0, 0.05) is 39.3 Å². The molecule has 2 saturated heterocycles. The fourth-order valence-corrected chi connectivity index (χ4v) is 4.04. The van der Waals surface area contributed by atoms with E-state index in [0.717, 1.165) is 0 Å². The smallest absolute Gasteiger partial charge is 0.410 e. The Morgan fingerprint density at radius 3 is 1.52 bits per heavy atom. The van der Waals surface area contributed by atoms with Crippen LogP contribution in [0.15, 0.2) is 0 Å². The van der Waals surface area contributed by atoms with E-state index in [1.54, 1.807) is 48.5 Å². The fraction of sp³-hybridized carbons (Fsp3) is 0.778. The van der Waals surface area contributed by atoms with Crippen molar-refractivity contribution in [2.45, 2.75) is 66.1 Å². The van der Waals surface area contributed by atoms with Gasteiger partial charge in [0.2, 0.25) is 5.91 Å². The van der Waals surface area contributed by atoms with Crippen LogP contribution in [0.25, 0.3) is 0 Å². The van der Waals surface area contributed by atoms with Crippen LogP contribution in [0, 0.1) is 10.8 Å². The van der Waals surface area contributed by atoms with Crippen LogP contribution < -0.4 is 11.1 Å². The zero-order chi connectivity index (χ0) is 32.5. The van der Waals surface area contributed by atoms with E-state index in [9.17, 15) is 28.8 Å². The van der Waals surface area contributed by atoms with E-state index in [4.69, 9.17) is 19.9 Å². The van der Waals surface area contributed by atoms with Crippen LogP contribution >= 0.6 is 0 Å². The van der Waals surface area contributed by atoms with Gasteiger partial charge in [-0.1, -0.05) is 0 Å². The number of nitrogens with zero attached hydrogens (tertiary/aromatic N) is 2. The first kappa shape index (κ1) is 36.4. The minimum absolute atomic E-state index is 0.0444. The van der Waals surface area contributed by atoms with E-state index in [2.05, 4.69) is 14.8 Å². The number of amides is 3. The van der Waals surface area contributed by atoms with Crippen LogP contribution in [0.5, 0.6) is 0 Å². The zero-order valence-corrected chi connectivity index (χ0v) is 26.1. The average Bonchev–Trinajstić information content (AvgIpc) is 2.80. The lowest BCUT2D eigenvalue weighted by molar-refractivity contribution is -0.163. The summed E-state index contributed by atoms with van der Waals surface area (Å²) in [5, 5.41) is 2.52. The molecule has 15 nitrogen and oxygen atoms in total. The SMILES string of the molecule is CCOC(=O)CC(=O)NCC1(C(=O)OC)CN(C(=O)OC(C)(C)C)C1.COC(=O)C1(CN)CN(C(=O)OC(C)(C)C)C1. The molecule has 3 amide bonds. The van der Waals surface area contributed by atoms with Crippen molar-refractivity contribution in [2.75, 3.05) is 60.1 Å². The van der Waals surface area contributed by atoms with Crippen LogP contribution in [0.2, 0.25) is 0 Å². The summed E-state index contributed by atoms with van der Waals surface area (Å²) in [5.41, 5.74) is 2.57. The highest BCUT2D eigenvalue weighted by Crippen LogP contribution is 2.33. The molecular formula is C27H46N4O11. The second kappa shape index (κ2) is 14.5. The quantitative estimate of drug-likeness (QED) is 0.226. The topological polar surface area (TPSA) is 193 Å². The largest absolute Gasteiger partial charge is 0.468 e.